The van der Waals surface area contributed by atoms with Crippen LogP contribution in [0.2, 0.25) is 0 Å². The summed E-state index contributed by atoms with van der Waals surface area (Å²) in [6.45, 7) is 1.03. The van der Waals surface area contributed by atoms with Gasteiger partial charge >= 0.3 is 5.97 Å². The third-order valence-electron chi connectivity index (χ3n) is 1.51. The normalized spacial score (nSPS) is 10.3. The molecule has 0 saturated heterocycles. The van der Waals surface area contributed by atoms with Crippen LogP contribution in [0.5, 0.6) is 0 Å². The number of rotatable bonds is 4. The third kappa shape index (κ3) is 2.28. The van der Waals surface area contributed by atoms with Gasteiger partial charge in [-0.3, -0.25) is 4.68 Å². The van der Waals surface area contributed by atoms with E-state index in [4.69, 9.17) is 9.84 Å². The molecule has 1 heterocycles. The summed E-state index contributed by atoms with van der Waals surface area (Å²) in [5.74, 6) is -0.990. The Morgan fingerprint density at radius 3 is 3.00 bits per heavy atom. The maximum atomic E-state index is 10.6. The van der Waals surface area contributed by atoms with E-state index in [-0.39, 0.29) is 5.56 Å². The average Bonchev–Trinajstić information content (AvgIpc) is 2.43. The molecule has 1 rings (SSSR count). The first-order chi connectivity index (χ1) is 6.16. The van der Waals surface area contributed by atoms with Crippen LogP contribution in [-0.4, -0.2) is 34.6 Å². The van der Waals surface area contributed by atoms with Crippen molar-refractivity contribution in [2.75, 3.05) is 13.7 Å². The van der Waals surface area contributed by atoms with Gasteiger partial charge in [-0.05, 0) is 15.9 Å². The summed E-state index contributed by atoms with van der Waals surface area (Å²) >= 11 is 3.15. The smallest absolute Gasteiger partial charge is 0.340 e. The second-order valence-corrected chi connectivity index (χ2v) is 3.12. The number of nitrogens with zero attached hydrogens (tertiary/aromatic N) is 2. The summed E-state index contributed by atoms with van der Waals surface area (Å²) in [5.41, 5.74) is 0.163. The zero-order chi connectivity index (χ0) is 9.84. The van der Waals surface area contributed by atoms with Gasteiger partial charge in [0.15, 0.2) is 0 Å². The number of carbonyl (C=O) groups is 1. The fourth-order valence-electron chi connectivity index (χ4n) is 0.848. The maximum Gasteiger partial charge on any atom is 0.340 e. The van der Waals surface area contributed by atoms with Crippen molar-refractivity contribution in [3.63, 3.8) is 0 Å². The molecule has 6 heteroatoms. The zero-order valence-corrected chi connectivity index (χ0v) is 8.61. The molecule has 0 aromatic carbocycles. The fraction of sp³-hybridized carbons (Fsp3) is 0.429. The summed E-state index contributed by atoms with van der Waals surface area (Å²) in [5, 5.41) is 12.6. The molecule has 1 aromatic heterocycles. The number of hydrogen-bond acceptors (Lipinski definition) is 3. The number of carboxylic acids is 1. The lowest BCUT2D eigenvalue weighted by molar-refractivity contribution is 0.0695. The van der Waals surface area contributed by atoms with Gasteiger partial charge in [-0.25, -0.2) is 4.79 Å². The molecular weight excluding hydrogens is 240 g/mol. The van der Waals surface area contributed by atoms with E-state index < -0.39 is 5.97 Å². The predicted octanol–water partition coefficient (Wildman–Crippen LogP) is 0.990. The molecule has 5 nitrogen and oxygen atoms in total. The molecule has 13 heavy (non-hydrogen) atoms. The van der Waals surface area contributed by atoms with E-state index in [9.17, 15) is 4.79 Å². The second kappa shape index (κ2) is 4.38. The number of halogens is 1. The molecule has 0 amide bonds. The minimum Gasteiger partial charge on any atom is -0.478 e. The molecule has 0 radical (unpaired) electrons. The number of aromatic carboxylic acids is 1. The standard InChI is InChI=1S/C7H9BrN2O3/c1-13-3-2-10-6(8)5(4-9-10)7(11)12/h4H,2-3H2,1H3,(H,11,12). The Morgan fingerprint density at radius 2 is 2.54 bits per heavy atom. The molecule has 0 bridgehead atoms. The van der Waals surface area contributed by atoms with Crippen LogP contribution in [0.25, 0.3) is 0 Å². The van der Waals surface area contributed by atoms with Crippen LogP contribution in [0.4, 0.5) is 0 Å². The van der Waals surface area contributed by atoms with Gasteiger partial charge in [-0.15, -0.1) is 0 Å². The average molecular weight is 249 g/mol. The van der Waals surface area contributed by atoms with Gasteiger partial charge in [-0.1, -0.05) is 0 Å². The Morgan fingerprint density at radius 1 is 1.85 bits per heavy atom. The van der Waals surface area contributed by atoms with Crippen molar-refractivity contribution >= 4 is 21.9 Å². The molecular formula is C7H9BrN2O3. The Hall–Kier alpha value is -0.880. The van der Waals surface area contributed by atoms with Crippen molar-refractivity contribution in [3.8, 4) is 0 Å². The second-order valence-electron chi connectivity index (χ2n) is 2.37. The van der Waals surface area contributed by atoms with E-state index in [1.807, 2.05) is 0 Å². The summed E-state index contributed by atoms with van der Waals surface area (Å²) < 4.78 is 6.85. The molecule has 0 fully saturated rings. The van der Waals surface area contributed by atoms with Crippen LogP contribution < -0.4 is 0 Å². The minimum atomic E-state index is -0.990. The Kier molecular flexibility index (Phi) is 3.44. The lowest BCUT2D eigenvalue weighted by Crippen LogP contribution is -2.06. The topological polar surface area (TPSA) is 64.4 Å². The fourth-order valence-corrected chi connectivity index (χ4v) is 1.39. The van der Waals surface area contributed by atoms with Gasteiger partial charge < -0.3 is 9.84 Å². The number of ether oxygens (including phenoxy) is 1. The summed E-state index contributed by atoms with van der Waals surface area (Å²) in [4.78, 5) is 10.6. The van der Waals surface area contributed by atoms with Crippen molar-refractivity contribution in [3.05, 3.63) is 16.4 Å². The Labute approximate surface area is 83.4 Å². The monoisotopic (exact) mass is 248 g/mol. The van der Waals surface area contributed by atoms with Crippen LogP contribution in [0.1, 0.15) is 10.4 Å². The van der Waals surface area contributed by atoms with Crippen LogP contribution in [-0.2, 0) is 11.3 Å². The van der Waals surface area contributed by atoms with Crippen molar-refractivity contribution in [1.29, 1.82) is 0 Å². The van der Waals surface area contributed by atoms with E-state index in [0.29, 0.717) is 17.8 Å². The summed E-state index contributed by atoms with van der Waals surface area (Å²) in [7, 11) is 1.58. The molecule has 0 aliphatic rings. The van der Waals surface area contributed by atoms with Crippen LogP contribution in [0, 0.1) is 0 Å². The largest absolute Gasteiger partial charge is 0.478 e. The molecule has 0 spiro atoms. The van der Waals surface area contributed by atoms with Crippen LogP contribution in [0.15, 0.2) is 10.8 Å². The number of methoxy groups -OCH3 is 1. The SMILES string of the molecule is COCCn1ncc(C(=O)O)c1Br. The lowest BCUT2D eigenvalue weighted by atomic mass is 10.4. The van der Waals surface area contributed by atoms with Crippen LogP contribution in [0.3, 0.4) is 0 Å². The van der Waals surface area contributed by atoms with Gasteiger partial charge in [-0.2, -0.15) is 5.10 Å². The van der Waals surface area contributed by atoms with Crippen molar-refractivity contribution in [2.24, 2.45) is 0 Å². The molecule has 1 aromatic rings. The highest BCUT2D eigenvalue weighted by Gasteiger charge is 2.13. The number of carboxylic acid groups (broad SMARTS) is 1. The van der Waals surface area contributed by atoms with Crippen molar-refractivity contribution in [1.82, 2.24) is 9.78 Å². The number of aromatic nitrogens is 2. The highest BCUT2D eigenvalue weighted by atomic mass is 79.9. The van der Waals surface area contributed by atoms with E-state index in [0.717, 1.165) is 0 Å². The minimum absolute atomic E-state index is 0.163. The van der Waals surface area contributed by atoms with Gasteiger partial charge in [0.2, 0.25) is 0 Å². The Balaban J connectivity index is 2.80. The first-order valence-corrected chi connectivity index (χ1v) is 4.39. The first-order valence-electron chi connectivity index (χ1n) is 3.60. The van der Waals surface area contributed by atoms with Gasteiger partial charge in [0.05, 0.1) is 19.3 Å². The number of hydrogen-bond donors (Lipinski definition) is 1. The molecule has 0 saturated carbocycles. The van der Waals surface area contributed by atoms with E-state index in [2.05, 4.69) is 21.0 Å². The molecule has 0 aliphatic heterocycles. The highest BCUT2D eigenvalue weighted by molar-refractivity contribution is 9.10. The van der Waals surface area contributed by atoms with Gasteiger partial charge in [0.25, 0.3) is 0 Å². The van der Waals surface area contributed by atoms with Gasteiger partial charge in [0, 0.05) is 7.11 Å². The highest BCUT2D eigenvalue weighted by Crippen LogP contribution is 2.15. The van der Waals surface area contributed by atoms with Gasteiger partial charge in [0.1, 0.15) is 10.2 Å². The third-order valence-corrected chi connectivity index (χ3v) is 2.35. The first kappa shape index (κ1) is 10.2. The molecule has 1 N–H and O–H groups in total. The molecule has 0 atom stereocenters. The zero-order valence-electron chi connectivity index (χ0n) is 7.03. The molecule has 0 unspecified atom stereocenters. The lowest BCUT2D eigenvalue weighted by Gasteiger charge is -2.01. The van der Waals surface area contributed by atoms with E-state index >= 15 is 0 Å². The van der Waals surface area contributed by atoms with Crippen molar-refractivity contribution in [2.45, 2.75) is 6.54 Å². The van der Waals surface area contributed by atoms with E-state index in [1.54, 1.807) is 7.11 Å². The molecule has 72 valence electrons. The summed E-state index contributed by atoms with van der Waals surface area (Å²) in [6, 6.07) is 0. The van der Waals surface area contributed by atoms with E-state index in [1.165, 1.54) is 10.9 Å². The van der Waals surface area contributed by atoms with Crippen LogP contribution >= 0.6 is 15.9 Å². The maximum absolute atomic E-state index is 10.6. The van der Waals surface area contributed by atoms with Crippen molar-refractivity contribution < 1.29 is 14.6 Å². The molecule has 0 aliphatic carbocycles. The predicted molar refractivity (Wildman–Crippen MR) is 48.8 cm³/mol. The summed E-state index contributed by atoms with van der Waals surface area (Å²) in [6.07, 6.45) is 1.31. The quantitative estimate of drug-likeness (QED) is 0.864. The Bertz CT molecular complexity index is 311.